The predicted octanol–water partition coefficient (Wildman–Crippen LogP) is -0.253. The third kappa shape index (κ3) is 6.04. The van der Waals surface area contributed by atoms with Gasteiger partial charge in [-0.05, 0) is 34.6 Å². The molecule has 0 saturated heterocycles. The topological polar surface area (TPSA) is 169 Å². The van der Waals surface area contributed by atoms with Gasteiger partial charge in [-0.25, -0.2) is 9.59 Å². The van der Waals surface area contributed by atoms with Crippen LogP contribution in [0.5, 0.6) is 0 Å². The van der Waals surface area contributed by atoms with Crippen LogP contribution in [-0.4, -0.2) is 71.4 Å². The second-order valence-corrected chi connectivity index (χ2v) is 9.33. The molecule has 2 aliphatic carbocycles. The van der Waals surface area contributed by atoms with Crippen LogP contribution in [0.1, 0.15) is 41.0 Å². The molecule has 0 bridgehead atoms. The number of esters is 2. The third-order valence-electron chi connectivity index (χ3n) is 5.64. The molecule has 0 aliphatic heterocycles. The lowest BCUT2D eigenvalue weighted by Crippen LogP contribution is -2.61. The van der Waals surface area contributed by atoms with Gasteiger partial charge in [-0.2, -0.15) is 0 Å². The zero-order chi connectivity index (χ0) is 25.8. The van der Waals surface area contributed by atoms with Gasteiger partial charge in [-0.3, -0.25) is 14.4 Å². The molecule has 34 heavy (non-hydrogen) atoms. The lowest BCUT2D eigenvalue weighted by Gasteiger charge is -2.32. The number of nitrogens with one attached hydrogen (secondary N) is 3. The number of carbonyl (C=O) groups excluding carboxylic acids is 5. The first-order chi connectivity index (χ1) is 15.8. The molecule has 0 radical (unpaired) electrons. The quantitative estimate of drug-likeness (QED) is 0.196. The van der Waals surface area contributed by atoms with Gasteiger partial charge >= 0.3 is 18.0 Å². The molecule has 12 nitrogen and oxygen atoms in total. The SMILES string of the molecule is C=COC(=O)[C@H]1[C@H]2[C@@H]1C(NC(=O)[C@H](C)NC(=O)CNC(=O)OC(C)(C)C)(C(=O)OCC)C[C@@H]2O. The van der Waals surface area contributed by atoms with Crippen molar-refractivity contribution in [2.24, 2.45) is 17.8 Å². The summed E-state index contributed by atoms with van der Waals surface area (Å²) < 4.78 is 15.0. The highest BCUT2D eigenvalue weighted by Crippen LogP contribution is 2.63. The van der Waals surface area contributed by atoms with Crippen LogP contribution >= 0.6 is 0 Å². The minimum absolute atomic E-state index is 0.0222. The largest absolute Gasteiger partial charge is 0.464 e. The van der Waals surface area contributed by atoms with E-state index in [4.69, 9.17) is 14.2 Å². The van der Waals surface area contributed by atoms with Crippen LogP contribution < -0.4 is 16.0 Å². The summed E-state index contributed by atoms with van der Waals surface area (Å²) in [5, 5.41) is 17.7. The molecule has 0 aromatic carbocycles. The van der Waals surface area contributed by atoms with Crippen LogP contribution in [0.3, 0.4) is 0 Å². The number of amides is 3. The molecular weight excluding hydrogens is 450 g/mol. The number of aliphatic hydroxyl groups is 1. The second kappa shape index (κ2) is 10.4. The Morgan fingerprint density at radius 1 is 1.24 bits per heavy atom. The molecule has 2 rings (SSSR count). The van der Waals surface area contributed by atoms with Gasteiger partial charge in [0.05, 0.1) is 24.9 Å². The normalized spacial score (nSPS) is 27.9. The number of alkyl carbamates (subject to hydrolysis) is 1. The molecule has 1 unspecified atom stereocenters. The molecule has 2 fully saturated rings. The van der Waals surface area contributed by atoms with E-state index in [1.54, 1.807) is 27.7 Å². The molecule has 2 saturated carbocycles. The molecule has 2 aliphatic rings. The Bertz CT molecular complexity index is 853. The Morgan fingerprint density at radius 3 is 2.44 bits per heavy atom. The van der Waals surface area contributed by atoms with Crippen molar-refractivity contribution in [3.05, 3.63) is 12.8 Å². The van der Waals surface area contributed by atoms with Gasteiger partial charge in [0.2, 0.25) is 11.8 Å². The van der Waals surface area contributed by atoms with Gasteiger partial charge < -0.3 is 35.3 Å². The Morgan fingerprint density at radius 2 is 1.88 bits per heavy atom. The zero-order valence-corrected chi connectivity index (χ0v) is 20.0. The third-order valence-corrected chi connectivity index (χ3v) is 5.64. The van der Waals surface area contributed by atoms with Crippen molar-refractivity contribution in [1.29, 1.82) is 0 Å². The van der Waals surface area contributed by atoms with Gasteiger partial charge in [-0.1, -0.05) is 6.58 Å². The maximum Gasteiger partial charge on any atom is 0.408 e. The van der Waals surface area contributed by atoms with Crippen molar-refractivity contribution >= 4 is 29.8 Å². The van der Waals surface area contributed by atoms with Crippen LogP contribution in [0, 0.1) is 17.8 Å². The summed E-state index contributed by atoms with van der Waals surface area (Å²) in [7, 11) is 0. The zero-order valence-electron chi connectivity index (χ0n) is 20.0. The van der Waals surface area contributed by atoms with E-state index in [1.807, 2.05) is 0 Å². The van der Waals surface area contributed by atoms with E-state index in [9.17, 15) is 29.1 Å². The highest BCUT2D eigenvalue weighted by molar-refractivity contribution is 5.95. The number of ether oxygens (including phenoxy) is 3. The minimum atomic E-state index is -1.66. The molecule has 0 heterocycles. The van der Waals surface area contributed by atoms with Gasteiger partial charge in [0.1, 0.15) is 23.7 Å². The summed E-state index contributed by atoms with van der Waals surface area (Å²) in [6.07, 6.45) is -1.03. The fourth-order valence-electron chi connectivity index (χ4n) is 4.33. The average Bonchev–Trinajstić information content (AvgIpc) is 3.40. The first kappa shape index (κ1) is 27.1. The lowest BCUT2D eigenvalue weighted by molar-refractivity contribution is -0.156. The maximum absolute atomic E-state index is 12.9. The van der Waals surface area contributed by atoms with E-state index in [1.165, 1.54) is 6.92 Å². The number of fused-ring (bicyclic) bond motifs is 1. The van der Waals surface area contributed by atoms with Crippen molar-refractivity contribution in [2.45, 2.75) is 64.3 Å². The second-order valence-electron chi connectivity index (χ2n) is 9.33. The lowest BCUT2D eigenvalue weighted by atomic mass is 9.89. The van der Waals surface area contributed by atoms with Crippen molar-refractivity contribution in [1.82, 2.24) is 16.0 Å². The number of aliphatic hydroxyl groups excluding tert-OH is 1. The number of carbonyl (C=O) groups is 5. The molecule has 0 spiro atoms. The van der Waals surface area contributed by atoms with E-state index >= 15 is 0 Å². The fraction of sp³-hybridized carbons (Fsp3) is 0.682. The summed E-state index contributed by atoms with van der Waals surface area (Å²) in [6.45, 7) is 10.9. The molecule has 4 N–H and O–H groups in total. The first-order valence-corrected chi connectivity index (χ1v) is 11.0. The summed E-state index contributed by atoms with van der Waals surface area (Å²) in [6, 6.07) is -1.10. The van der Waals surface area contributed by atoms with Crippen molar-refractivity contribution in [3.8, 4) is 0 Å². The van der Waals surface area contributed by atoms with Gasteiger partial charge in [-0.15, -0.1) is 0 Å². The van der Waals surface area contributed by atoms with Gasteiger partial charge in [0.25, 0.3) is 0 Å². The first-order valence-electron chi connectivity index (χ1n) is 11.0. The Balaban J connectivity index is 2.05. The van der Waals surface area contributed by atoms with Crippen LogP contribution in [0.4, 0.5) is 4.79 Å². The predicted molar refractivity (Wildman–Crippen MR) is 117 cm³/mol. The monoisotopic (exact) mass is 483 g/mol. The number of hydrogen-bond acceptors (Lipinski definition) is 9. The standard InChI is InChI=1S/C22H33N3O9/c1-7-32-18(29)15-14-12(26)9-22(16(14)15,19(30)33-8-2)25-17(28)11(3)24-13(27)10-23-20(31)34-21(4,5)6/h7,11-12,14-16,26H,1,8-10H2,2-6H3,(H,23,31)(H,24,27)(H,25,28)/t11-,12-,14-,15-,16-,22?/m0/s1. The van der Waals surface area contributed by atoms with Crippen molar-refractivity contribution in [2.75, 3.05) is 13.2 Å². The molecular formula is C22H33N3O9. The highest BCUT2D eigenvalue weighted by atomic mass is 16.6. The van der Waals surface area contributed by atoms with Crippen molar-refractivity contribution < 1.29 is 43.3 Å². The smallest absolute Gasteiger partial charge is 0.408 e. The summed E-state index contributed by atoms with van der Waals surface area (Å²) in [5.41, 5.74) is -2.40. The molecule has 12 heteroatoms. The van der Waals surface area contributed by atoms with E-state index in [-0.39, 0.29) is 13.0 Å². The number of hydrogen-bond donors (Lipinski definition) is 4. The van der Waals surface area contributed by atoms with Gasteiger partial charge in [0.15, 0.2) is 0 Å². The Labute approximate surface area is 197 Å². The Hall–Kier alpha value is -3.15. The average molecular weight is 484 g/mol. The van der Waals surface area contributed by atoms with E-state index in [0.29, 0.717) is 0 Å². The molecule has 6 atom stereocenters. The summed E-state index contributed by atoms with van der Waals surface area (Å²) in [5.74, 6) is -4.96. The summed E-state index contributed by atoms with van der Waals surface area (Å²) in [4.78, 5) is 61.8. The van der Waals surface area contributed by atoms with Crippen LogP contribution in [0.2, 0.25) is 0 Å². The maximum atomic E-state index is 12.9. The van der Waals surface area contributed by atoms with Crippen molar-refractivity contribution in [3.63, 3.8) is 0 Å². The summed E-state index contributed by atoms with van der Waals surface area (Å²) >= 11 is 0. The van der Waals surface area contributed by atoms with Crippen LogP contribution in [0.25, 0.3) is 0 Å². The van der Waals surface area contributed by atoms with Gasteiger partial charge in [0, 0.05) is 18.3 Å². The molecule has 0 aromatic rings. The van der Waals surface area contributed by atoms with Crippen LogP contribution in [-0.2, 0) is 33.4 Å². The molecule has 0 aromatic heterocycles. The molecule has 3 amide bonds. The van der Waals surface area contributed by atoms with E-state index in [0.717, 1.165) is 6.26 Å². The molecule has 190 valence electrons. The Kier molecular flexibility index (Phi) is 8.30. The van der Waals surface area contributed by atoms with Crippen LogP contribution in [0.15, 0.2) is 12.8 Å². The van der Waals surface area contributed by atoms with E-state index in [2.05, 4.69) is 22.5 Å². The fourth-order valence-corrected chi connectivity index (χ4v) is 4.33. The van der Waals surface area contributed by atoms with E-state index < -0.39 is 77.4 Å². The number of rotatable bonds is 9. The highest BCUT2D eigenvalue weighted by Gasteiger charge is 2.76. The minimum Gasteiger partial charge on any atom is -0.464 e.